The Morgan fingerprint density at radius 2 is 1.91 bits per heavy atom. The highest BCUT2D eigenvalue weighted by Crippen LogP contribution is 2.25. The van der Waals surface area contributed by atoms with E-state index >= 15 is 0 Å². The molecule has 0 aromatic heterocycles. The molecule has 0 bridgehead atoms. The molecule has 1 unspecified atom stereocenters. The Morgan fingerprint density at radius 1 is 1.23 bits per heavy atom. The van der Waals surface area contributed by atoms with E-state index in [0.29, 0.717) is 5.56 Å². The van der Waals surface area contributed by atoms with Gasteiger partial charge >= 0.3 is 0 Å². The van der Waals surface area contributed by atoms with Crippen LogP contribution in [0.2, 0.25) is 0 Å². The van der Waals surface area contributed by atoms with Gasteiger partial charge in [0.25, 0.3) is 5.91 Å². The monoisotopic (exact) mass is 299 g/mol. The first-order valence-electron chi connectivity index (χ1n) is 7.11. The average Bonchev–Trinajstić information content (AvgIpc) is 2.53. The summed E-state index contributed by atoms with van der Waals surface area (Å²) in [4.78, 5) is 22.9. The number of hydrogen-bond acceptors (Lipinski definition) is 2. The van der Waals surface area contributed by atoms with Crippen LogP contribution in [0.25, 0.3) is 11.1 Å². The molecule has 0 aliphatic carbocycles. The summed E-state index contributed by atoms with van der Waals surface area (Å²) in [7, 11) is 0. The molecule has 0 saturated heterocycles. The van der Waals surface area contributed by atoms with Crippen LogP contribution in [0.1, 0.15) is 22.8 Å². The zero-order valence-corrected chi connectivity index (χ0v) is 12.6. The largest absolute Gasteiger partial charge is 0.351 e. The average molecular weight is 299 g/mol. The van der Waals surface area contributed by atoms with Crippen LogP contribution in [0.3, 0.4) is 0 Å². The van der Waals surface area contributed by atoms with Crippen molar-refractivity contribution in [2.75, 3.05) is 6.54 Å². The van der Waals surface area contributed by atoms with Gasteiger partial charge in [-0.15, -0.1) is 0 Å². The molecule has 1 amide bonds. The van der Waals surface area contributed by atoms with E-state index in [1.54, 1.807) is 13.0 Å². The lowest BCUT2D eigenvalue weighted by Crippen LogP contribution is -2.29. The number of halogens is 1. The Bertz CT molecular complexity index is 680. The van der Waals surface area contributed by atoms with Crippen LogP contribution in [0.4, 0.5) is 4.39 Å². The smallest absolute Gasteiger partial charge is 0.252 e. The lowest BCUT2D eigenvalue weighted by molar-refractivity contribution is -0.110. The van der Waals surface area contributed by atoms with E-state index < -0.39 is 5.82 Å². The topological polar surface area (TPSA) is 46.2 Å². The molecule has 2 aromatic carbocycles. The summed E-state index contributed by atoms with van der Waals surface area (Å²) < 4.78 is 13.5. The van der Waals surface area contributed by atoms with Gasteiger partial charge in [-0.25, -0.2) is 4.39 Å². The molecule has 2 rings (SSSR count). The summed E-state index contributed by atoms with van der Waals surface area (Å²) in [6, 6.07) is 11.8. The quantitative estimate of drug-likeness (QED) is 0.860. The molecule has 0 saturated carbocycles. The number of carbonyl (C=O) groups excluding carboxylic acids is 2. The fourth-order valence-electron chi connectivity index (χ4n) is 2.09. The van der Waals surface area contributed by atoms with Crippen molar-refractivity contribution in [1.82, 2.24) is 5.32 Å². The molecular formula is C18H18FNO2. The molecule has 4 heteroatoms. The van der Waals surface area contributed by atoms with E-state index in [2.05, 4.69) is 5.32 Å². The van der Waals surface area contributed by atoms with E-state index in [0.717, 1.165) is 17.4 Å². The number of hydrogen-bond donors (Lipinski definition) is 1. The second-order valence-corrected chi connectivity index (χ2v) is 5.38. The molecule has 2 aromatic rings. The standard InChI is InChI=1S/C18H18FNO2/c1-12-3-5-14(6-4-12)16-8-7-15(19)9-17(16)18(22)20-10-13(2)11-21/h3-9,11,13H,10H2,1-2H3,(H,20,22). The van der Waals surface area contributed by atoms with Gasteiger partial charge in [0.2, 0.25) is 0 Å². The van der Waals surface area contributed by atoms with Gasteiger partial charge < -0.3 is 10.1 Å². The van der Waals surface area contributed by atoms with Crippen LogP contribution in [-0.2, 0) is 4.79 Å². The maximum absolute atomic E-state index is 13.5. The lowest BCUT2D eigenvalue weighted by atomic mass is 9.98. The summed E-state index contributed by atoms with van der Waals surface area (Å²) in [6.45, 7) is 3.91. The number of rotatable bonds is 5. The fourth-order valence-corrected chi connectivity index (χ4v) is 2.09. The van der Waals surface area contributed by atoms with Crippen molar-refractivity contribution in [3.8, 4) is 11.1 Å². The Hall–Kier alpha value is -2.49. The van der Waals surface area contributed by atoms with Gasteiger partial charge in [-0.3, -0.25) is 4.79 Å². The minimum absolute atomic E-state index is 0.228. The summed E-state index contributed by atoms with van der Waals surface area (Å²) in [5, 5.41) is 2.66. The Balaban J connectivity index is 2.33. The molecule has 114 valence electrons. The molecule has 0 radical (unpaired) electrons. The number of aryl methyl sites for hydroxylation is 1. The number of aldehydes is 1. The zero-order valence-electron chi connectivity index (χ0n) is 12.6. The molecule has 0 spiro atoms. The first-order valence-corrected chi connectivity index (χ1v) is 7.11. The molecule has 1 N–H and O–H groups in total. The van der Waals surface area contributed by atoms with Crippen LogP contribution < -0.4 is 5.32 Å². The Kier molecular flexibility index (Phi) is 5.04. The molecule has 0 fully saturated rings. The van der Waals surface area contributed by atoms with E-state index in [4.69, 9.17) is 0 Å². The highest BCUT2D eigenvalue weighted by Gasteiger charge is 2.14. The first-order chi connectivity index (χ1) is 10.5. The van der Waals surface area contributed by atoms with Gasteiger partial charge in [-0.05, 0) is 30.2 Å². The first kappa shape index (κ1) is 15.9. The van der Waals surface area contributed by atoms with Crippen LogP contribution in [0.15, 0.2) is 42.5 Å². The Labute approximate surface area is 129 Å². The van der Waals surface area contributed by atoms with Crippen molar-refractivity contribution >= 4 is 12.2 Å². The van der Waals surface area contributed by atoms with Crippen molar-refractivity contribution in [3.05, 3.63) is 59.4 Å². The van der Waals surface area contributed by atoms with Crippen molar-refractivity contribution < 1.29 is 14.0 Å². The molecule has 0 aliphatic heterocycles. The van der Waals surface area contributed by atoms with Crippen molar-refractivity contribution in [3.63, 3.8) is 0 Å². The number of amides is 1. The van der Waals surface area contributed by atoms with Crippen LogP contribution in [0.5, 0.6) is 0 Å². The van der Waals surface area contributed by atoms with Gasteiger partial charge in [-0.2, -0.15) is 0 Å². The number of carbonyl (C=O) groups is 2. The molecule has 22 heavy (non-hydrogen) atoms. The molecule has 0 aliphatic rings. The van der Waals surface area contributed by atoms with Crippen molar-refractivity contribution in [1.29, 1.82) is 0 Å². The van der Waals surface area contributed by atoms with Gasteiger partial charge in [0.05, 0.1) is 5.56 Å². The third-order valence-electron chi connectivity index (χ3n) is 3.41. The maximum atomic E-state index is 13.5. The summed E-state index contributed by atoms with van der Waals surface area (Å²) in [5.41, 5.74) is 2.88. The number of benzene rings is 2. The van der Waals surface area contributed by atoms with E-state index in [1.165, 1.54) is 12.1 Å². The summed E-state index contributed by atoms with van der Waals surface area (Å²) in [5.74, 6) is -1.13. The predicted molar refractivity (Wildman–Crippen MR) is 84.1 cm³/mol. The third-order valence-corrected chi connectivity index (χ3v) is 3.41. The van der Waals surface area contributed by atoms with Crippen LogP contribution >= 0.6 is 0 Å². The van der Waals surface area contributed by atoms with Crippen molar-refractivity contribution in [2.45, 2.75) is 13.8 Å². The van der Waals surface area contributed by atoms with Gasteiger partial charge in [-0.1, -0.05) is 42.8 Å². The summed E-state index contributed by atoms with van der Waals surface area (Å²) in [6.07, 6.45) is 0.771. The van der Waals surface area contributed by atoms with Crippen LogP contribution in [-0.4, -0.2) is 18.7 Å². The van der Waals surface area contributed by atoms with E-state index in [1.807, 2.05) is 31.2 Å². The van der Waals surface area contributed by atoms with Crippen LogP contribution in [0, 0.1) is 18.7 Å². The summed E-state index contributed by atoms with van der Waals surface area (Å²) >= 11 is 0. The minimum atomic E-state index is -0.468. The maximum Gasteiger partial charge on any atom is 0.252 e. The van der Waals surface area contributed by atoms with E-state index in [-0.39, 0.29) is 23.9 Å². The second kappa shape index (κ2) is 6.98. The zero-order chi connectivity index (χ0) is 16.1. The Morgan fingerprint density at radius 3 is 2.55 bits per heavy atom. The van der Waals surface area contributed by atoms with Gasteiger partial charge in [0.15, 0.2) is 0 Å². The van der Waals surface area contributed by atoms with E-state index in [9.17, 15) is 14.0 Å². The molecule has 0 heterocycles. The molecule has 3 nitrogen and oxygen atoms in total. The molecule has 1 atom stereocenters. The normalized spacial score (nSPS) is 11.8. The van der Waals surface area contributed by atoms with Gasteiger partial charge in [0.1, 0.15) is 12.1 Å². The predicted octanol–water partition coefficient (Wildman–Crippen LogP) is 3.37. The third kappa shape index (κ3) is 3.79. The highest BCUT2D eigenvalue weighted by atomic mass is 19.1. The molecular weight excluding hydrogens is 281 g/mol. The second-order valence-electron chi connectivity index (χ2n) is 5.38. The van der Waals surface area contributed by atoms with Crippen molar-refractivity contribution in [2.24, 2.45) is 5.92 Å². The minimum Gasteiger partial charge on any atom is -0.351 e. The fraction of sp³-hybridized carbons (Fsp3) is 0.222. The SMILES string of the molecule is Cc1ccc(-c2ccc(F)cc2C(=O)NCC(C)C=O)cc1. The van der Waals surface area contributed by atoms with Gasteiger partial charge in [0, 0.05) is 12.5 Å². The number of nitrogens with one attached hydrogen (secondary N) is 1. The highest BCUT2D eigenvalue weighted by molar-refractivity contribution is 6.01. The lowest BCUT2D eigenvalue weighted by Gasteiger charge is -2.12.